The van der Waals surface area contributed by atoms with E-state index in [9.17, 15) is 9.59 Å². The standard InChI is InChI=1S/C30H45N3O4/c1-19(2)26(34)36-22-9-8-21-15-30-17-29(6,23(21)14-22)24(25(30)32(7)18-30)31-16-20-10-12-33(13-11-20)27(35)37-28(3,4)5/h8-9,14,19-20,24-25,31H,10-13,15-18H2,1-7H3/t24-,25?,29-,30?/m1/s1. The molecule has 4 aliphatic rings. The summed E-state index contributed by atoms with van der Waals surface area (Å²) in [5.41, 5.74) is 2.60. The van der Waals surface area contributed by atoms with Crippen LogP contribution in [0.1, 0.15) is 71.9 Å². The minimum Gasteiger partial charge on any atom is -0.444 e. The van der Waals surface area contributed by atoms with E-state index in [-0.39, 0.29) is 23.4 Å². The van der Waals surface area contributed by atoms with E-state index < -0.39 is 5.60 Å². The second-order valence-corrected chi connectivity index (χ2v) is 13.7. The number of hydrogen-bond donors (Lipinski definition) is 1. The molecule has 2 saturated heterocycles. The second kappa shape index (κ2) is 9.26. The molecule has 0 radical (unpaired) electrons. The van der Waals surface area contributed by atoms with Gasteiger partial charge in [-0.05, 0) is 89.2 Å². The van der Waals surface area contributed by atoms with Gasteiger partial charge in [-0.3, -0.25) is 4.79 Å². The minimum absolute atomic E-state index is 0.0134. The van der Waals surface area contributed by atoms with E-state index in [0.717, 1.165) is 45.4 Å². The highest BCUT2D eigenvalue weighted by Crippen LogP contribution is 2.63. The number of carbonyl (C=O) groups is 2. The van der Waals surface area contributed by atoms with Crippen LogP contribution < -0.4 is 10.1 Å². The minimum atomic E-state index is -0.459. The lowest BCUT2D eigenvalue weighted by Crippen LogP contribution is -2.66. The molecule has 2 aliphatic heterocycles. The number of hydrogen-bond acceptors (Lipinski definition) is 6. The maximum Gasteiger partial charge on any atom is 0.410 e. The Bertz CT molecular complexity index is 1060. The molecule has 2 unspecified atom stereocenters. The van der Waals surface area contributed by atoms with E-state index in [4.69, 9.17) is 9.47 Å². The lowest BCUT2D eigenvalue weighted by Gasteiger charge is -2.55. The molecule has 0 aromatic heterocycles. The number of rotatable bonds is 5. The number of carbonyl (C=O) groups excluding carboxylic acids is 2. The zero-order valence-corrected chi connectivity index (χ0v) is 23.7. The Morgan fingerprint density at radius 2 is 1.89 bits per heavy atom. The van der Waals surface area contributed by atoms with Crippen LogP contribution in [0.25, 0.3) is 0 Å². The average molecular weight is 512 g/mol. The Hall–Kier alpha value is -2.12. The Balaban J connectivity index is 1.29. The molecule has 1 amide bonds. The first kappa shape index (κ1) is 26.5. The van der Waals surface area contributed by atoms with Crippen LogP contribution in [0.2, 0.25) is 0 Å². The number of esters is 1. The van der Waals surface area contributed by atoms with Crippen molar-refractivity contribution in [1.29, 1.82) is 0 Å². The number of fused-ring (bicyclic) bond motifs is 3. The maximum atomic E-state index is 12.5. The monoisotopic (exact) mass is 511 g/mol. The van der Waals surface area contributed by atoms with Crippen molar-refractivity contribution in [2.24, 2.45) is 17.3 Å². The first-order valence-corrected chi connectivity index (χ1v) is 14.1. The summed E-state index contributed by atoms with van der Waals surface area (Å²) in [6, 6.07) is 7.16. The SMILES string of the molecule is CC(C)C(=O)Oc1ccc2c(c1)[C@@]1(C)CC3(C2)CN(C)C3[C@H]1NCC1CCN(C(=O)OC(C)(C)C)CC1. The fourth-order valence-electron chi connectivity index (χ4n) is 7.68. The molecule has 2 aliphatic carbocycles. The molecule has 1 aromatic carbocycles. The molecule has 1 N–H and O–H groups in total. The summed E-state index contributed by atoms with van der Waals surface area (Å²) in [6.45, 7) is 15.5. The highest BCUT2D eigenvalue weighted by atomic mass is 16.6. The number of likely N-dealkylation sites (N-methyl/N-ethyl adjacent to an activating group) is 1. The Morgan fingerprint density at radius 3 is 2.51 bits per heavy atom. The highest BCUT2D eigenvalue weighted by molar-refractivity contribution is 5.74. The molecular formula is C30H45N3O4. The van der Waals surface area contributed by atoms with Gasteiger partial charge in [0, 0.05) is 42.5 Å². The highest BCUT2D eigenvalue weighted by Gasteiger charge is 2.68. The largest absolute Gasteiger partial charge is 0.444 e. The normalized spacial score (nSPS) is 31.5. The van der Waals surface area contributed by atoms with Gasteiger partial charge in [0.25, 0.3) is 0 Å². The third-order valence-corrected chi connectivity index (χ3v) is 9.21. The Labute approximate surface area is 222 Å². The van der Waals surface area contributed by atoms with Gasteiger partial charge < -0.3 is 24.6 Å². The smallest absolute Gasteiger partial charge is 0.410 e. The van der Waals surface area contributed by atoms with Crippen LogP contribution >= 0.6 is 0 Å². The van der Waals surface area contributed by atoms with Gasteiger partial charge in [-0.15, -0.1) is 0 Å². The van der Waals surface area contributed by atoms with Crippen LogP contribution in [0.5, 0.6) is 5.75 Å². The first-order chi connectivity index (χ1) is 17.3. The topological polar surface area (TPSA) is 71.1 Å². The van der Waals surface area contributed by atoms with Crippen molar-refractivity contribution in [3.8, 4) is 5.75 Å². The second-order valence-electron chi connectivity index (χ2n) is 13.7. The van der Waals surface area contributed by atoms with Crippen molar-refractivity contribution in [2.75, 3.05) is 33.2 Å². The molecule has 2 bridgehead atoms. The summed E-state index contributed by atoms with van der Waals surface area (Å²) in [5.74, 6) is 0.871. The predicted molar refractivity (Wildman–Crippen MR) is 144 cm³/mol. The van der Waals surface area contributed by atoms with Gasteiger partial charge in [0.2, 0.25) is 0 Å². The van der Waals surface area contributed by atoms with E-state index in [2.05, 4.69) is 36.3 Å². The van der Waals surface area contributed by atoms with E-state index >= 15 is 0 Å². The zero-order valence-electron chi connectivity index (χ0n) is 23.7. The molecule has 37 heavy (non-hydrogen) atoms. The summed E-state index contributed by atoms with van der Waals surface area (Å²) in [7, 11) is 2.26. The summed E-state index contributed by atoms with van der Waals surface area (Å²) >= 11 is 0. The number of nitrogens with one attached hydrogen (secondary N) is 1. The summed E-state index contributed by atoms with van der Waals surface area (Å²) < 4.78 is 11.3. The molecule has 1 saturated carbocycles. The van der Waals surface area contributed by atoms with E-state index in [1.165, 1.54) is 17.5 Å². The molecule has 4 atom stereocenters. The van der Waals surface area contributed by atoms with Crippen LogP contribution in [0, 0.1) is 17.3 Å². The van der Waals surface area contributed by atoms with E-state index in [0.29, 0.717) is 29.2 Å². The quantitative estimate of drug-likeness (QED) is 0.468. The van der Waals surface area contributed by atoms with Crippen molar-refractivity contribution < 1.29 is 19.1 Å². The van der Waals surface area contributed by atoms with Crippen molar-refractivity contribution >= 4 is 12.1 Å². The maximum absolute atomic E-state index is 12.5. The van der Waals surface area contributed by atoms with E-state index in [1.807, 2.05) is 45.6 Å². The average Bonchev–Trinajstić information content (AvgIpc) is 2.97. The van der Waals surface area contributed by atoms with Crippen LogP contribution in [-0.4, -0.2) is 72.8 Å². The molecule has 1 spiro atoms. The van der Waals surface area contributed by atoms with Gasteiger partial charge in [0.1, 0.15) is 11.4 Å². The van der Waals surface area contributed by atoms with Crippen molar-refractivity contribution in [1.82, 2.24) is 15.1 Å². The number of benzene rings is 1. The van der Waals surface area contributed by atoms with E-state index in [1.54, 1.807) is 0 Å². The van der Waals surface area contributed by atoms with Crippen LogP contribution in [0.4, 0.5) is 4.79 Å². The summed E-state index contributed by atoms with van der Waals surface area (Å²) in [5, 5.41) is 4.04. The molecule has 1 aromatic rings. The lowest BCUT2D eigenvalue weighted by molar-refractivity contribution is -0.137. The molecule has 3 fully saturated rings. The van der Waals surface area contributed by atoms with Crippen LogP contribution in [-0.2, 0) is 21.4 Å². The van der Waals surface area contributed by atoms with Gasteiger partial charge in [-0.1, -0.05) is 26.8 Å². The summed E-state index contributed by atoms with van der Waals surface area (Å²) in [4.78, 5) is 29.1. The Kier molecular flexibility index (Phi) is 6.63. The number of amides is 1. The van der Waals surface area contributed by atoms with Gasteiger partial charge in [0.05, 0.1) is 5.92 Å². The van der Waals surface area contributed by atoms with Crippen molar-refractivity contribution in [3.63, 3.8) is 0 Å². The molecule has 7 heteroatoms. The molecule has 7 nitrogen and oxygen atoms in total. The number of ether oxygens (including phenoxy) is 2. The fourth-order valence-corrected chi connectivity index (χ4v) is 7.68. The number of nitrogens with zero attached hydrogens (tertiary/aromatic N) is 2. The molecule has 2 heterocycles. The predicted octanol–water partition coefficient (Wildman–Crippen LogP) is 4.37. The van der Waals surface area contributed by atoms with Gasteiger partial charge >= 0.3 is 12.1 Å². The van der Waals surface area contributed by atoms with Gasteiger partial charge in [0.15, 0.2) is 0 Å². The fraction of sp³-hybridized carbons (Fsp3) is 0.733. The van der Waals surface area contributed by atoms with Crippen molar-refractivity contribution in [2.45, 2.75) is 90.3 Å². The zero-order chi connectivity index (χ0) is 26.8. The Morgan fingerprint density at radius 1 is 1.19 bits per heavy atom. The lowest BCUT2D eigenvalue weighted by atomic mass is 9.63. The molecule has 204 valence electrons. The third-order valence-electron chi connectivity index (χ3n) is 9.21. The molecular weight excluding hydrogens is 466 g/mol. The summed E-state index contributed by atoms with van der Waals surface area (Å²) in [6.07, 6.45) is 4.05. The van der Waals surface area contributed by atoms with Crippen molar-refractivity contribution in [3.05, 3.63) is 29.3 Å². The number of piperidine rings is 1. The van der Waals surface area contributed by atoms with Crippen LogP contribution in [0.3, 0.4) is 0 Å². The third kappa shape index (κ3) is 4.78. The first-order valence-electron chi connectivity index (χ1n) is 14.1. The van der Waals surface area contributed by atoms with Gasteiger partial charge in [-0.25, -0.2) is 4.79 Å². The van der Waals surface area contributed by atoms with Gasteiger partial charge in [-0.2, -0.15) is 0 Å². The number of likely N-dealkylation sites (tertiary alicyclic amines) is 2. The van der Waals surface area contributed by atoms with Crippen LogP contribution in [0.15, 0.2) is 18.2 Å². The molecule has 5 rings (SSSR count).